The van der Waals surface area contributed by atoms with E-state index >= 15 is 0 Å². The predicted octanol–water partition coefficient (Wildman–Crippen LogP) is 2.63. The SMILES string of the molecule is CN1C(=O)CCCC(N)C1c1cccc(C(F)F)c1. The van der Waals surface area contributed by atoms with E-state index in [0.717, 1.165) is 12.8 Å². The van der Waals surface area contributed by atoms with E-state index in [9.17, 15) is 13.6 Å². The Labute approximate surface area is 111 Å². The third kappa shape index (κ3) is 2.92. The molecule has 19 heavy (non-hydrogen) atoms. The van der Waals surface area contributed by atoms with Gasteiger partial charge in [0.25, 0.3) is 6.43 Å². The van der Waals surface area contributed by atoms with Gasteiger partial charge in [-0.1, -0.05) is 18.2 Å². The van der Waals surface area contributed by atoms with Crippen LogP contribution >= 0.6 is 0 Å². The fraction of sp³-hybridized carbons (Fsp3) is 0.500. The Morgan fingerprint density at radius 1 is 1.42 bits per heavy atom. The van der Waals surface area contributed by atoms with Gasteiger partial charge in [-0.15, -0.1) is 0 Å². The fourth-order valence-corrected chi connectivity index (χ4v) is 2.62. The summed E-state index contributed by atoms with van der Waals surface area (Å²) in [5, 5.41) is 0. The van der Waals surface area contributed by atoms with E-state index in [1.165, 1.54) is 12.1 Å². The lowest BCUT2D eigenvalue weighted by Gasteiger charge is -2.31. The van der Waals surface area contributed by atoms with Crippen LogP contribution in [-0.4, -0.2) is 23.9 Å². The number of rotatable bonds is 2. The van der Waals surface area contributed by atoms with Crippen molar-refractivity contribution in [2.24, 2.45) is 5.73 Å². The van der Waals surface area contributed by atoms with Crippen molar-refractivity contribution in [1.82, 2.24) is 4.90 Å². The van der Waals surface area contributed by atoms with Crippen LogP contribution in [0, 0.1) is 0 Å². The molecule has 1 aromatic carbocycles. The molecule has 0 aromatic heterocycles. The third-order valence-electron chi connectivity index (χ3n) is 3.65. The Hall–Kier alpha value is -1.49. The molecule has 0 aliphatic carbocycles. The number of halogens is 2. The van der Waals surface area contributed by atoms with Gasteiger partial charge >= 0.3 is 0 Å². The van der Waals surface area contributed by atoms with Crippen molar-refractivity contribution < 1.29 is 13.6 Å². The summed E-state index contributed by atoms with van der Waals surface area (Å²) in [4.78, 5) is 13.5. The van der Waals surface area contributed by atoms with Gasteiger partial charge in [-0.05, 0) is 24.5 Å². The first-order valence-corrected chi connectivity index (χ1v) is 6.40. The fourth-order valence-electron chi connectivity index (χ4n) is 2.62. The maximum Gasteiger partial charge on any atom is 0.263 e. The lowest BCUT2D eigenvalue weighted by atomic mass is 9.95. The summed E-state index contributed by atoms with van der Waals surface area (Å²) in [6, 6.07) is 5.64. The molecule has 2 unspecified atom stereocenters. The standard InChI is InChI=1S/C14H18F2N2O/c1-18-12(19)7-3-6-11(17)13(18)9-4-2-5-10(8-9)14(15)16/h2,4-5,8,11,13-14H,3,6-7,17H2,1H3. The molecular weight excluding hydrogens is 250 g/mol. The number of nitrogens with zero attached hydrogens (tertiary/aromatic N) is 1. The van der Waals surface area contributed by atoms with Crippen LogP contribution < -0.4 is 5.73 Å². The zero-order chi connectivity index (χ0) is 14.0. The van der Waals surface area contributed by atoms with Crippen molar-refractivity contribution in [3.63, 3.8) is 0 Å². The Bertz CT molecular complexity index is 465. The van der Waals surface area contributed by atoms with E-state index in [-0.39, 0.29) is 23.6 Å². The number of likely N-dealkylation sites (N-methyl/N-ethyl adjacent to an activating group) is 1. The topological polar surface area (TPSA) is 46.3 Å². The van der Waals surface area contributed by atoms with Crippen molar-refractivity contribution in [3.8, 4) is 0 Å². The summed E-state index contributed by atoms with van der Waals surface area (Å²) in [5.74, 6) is 0.0143. The lowest BCUT2D eigenvalue weighted by Crippen LogP contribution is -2.39. The van der Waals surface area contributed by atoms with Crippen LogP contribution in [0.3, 0.4) is 0 Å². The molecule has 0 saturated carbocycles. The predicted molar refractivity (Wildman–Crippen MR) is 68.7 cm³/mol. The summed E-state index contributed by atoms with van der Waals surface area (Å²) in [5.41, 5.74) is 6.76. The van der Waals surface area contributed by atoms with Crippen LogP contribution in [-0.2, 0) is 4.79 Å². The summed E-state index contributed by atoms with van der Waals surface area (Å²) >= 11 is 0. The normalized spacial score (nSPS) is 24.7. The molecule has 0 radical (unpaired) electrons. The quantitative estimate of drug-likeness (QED) is 0.896. The Kier molecular flexibility index (Phi) is 4.14. The van der Waals surface area contributed by atoms with Crippen LogP contribution in [0.2, 0.25) is 0 Å². The first-order chi connectivity index (χ1) is 9.00. The first-order valence-electron chi connectivity index (χ1n) is 6.40. The maximum atomic E-state index is 12.8. The van der Waals surface area contributed by atoms with Crippen molar-refractivity contribution in [3.05, 3.63) is 35.4 Å². The van der Waals surface area contributed by atoms with Crippen molar-refractivity contribution in [1.29, 1.82) is 0 Å². The minimum absolute atomic E-state index is 0.0143. The van der Waals surface area contributed by atoms with E-state index in [1.807, 2.05) is 0 Å². The van der Waals surface area contributed by atoms with Crippen LogP contribution in [0.25, 0.3) is 0 Å². The van der Waals surface area contributed by atoms with Crippen molar-refractivity contribution in [2.75, 3.05) is 7.05 Å². The smallest absolute Gasteiger partial charge is 0.263 e. The van der Waals surface area contributed by atoms with Crippen molar-refractivity contribution >= 4 is 5.91 Å². The highest BCUT2D eigenvalue weighted by Crippen LogP contribution is 2.31. The maximum absolute atomic E-state index is 12.8. The molecule has 3 nitrogen and oxygen atoms in total. The summed E-state index contributed by atoms with van der Waals surface area (Å²) in [6.45, 7) is 0. The molecule has 1 aliphatic rings. The highest BCUT2D eigenvalue weighted by atomic mass is 19.3. The monoisotopic (exact) mass is 268 g/mol. The number of nitrogens with two attached hydrogens (primary N) is 1. The van der Waals surface area contributed by atoms with Crippen LogP contribution in [0.1, 0.15) is 42.9 Å². The Balaban J connectivity index is 2.36. The molecular formula is C14H18F2N2O. The van der Waals surface area contributed by atoms with Crippen LogP contribution in [0.15, 0.2) is 24.3 Å². The molecule has 1 aliphatic heterocycles. The molecule has 2 atom stereocenters. The number of amides is 1. The van der Waals surface area contributed by atoms with E-state index < -0.39 is 6.43 Å². The van der Waals surface area contributed by atoms with Crippen LogP contribution in [0.4, 0.5) is 8.78 Å². The average Bonchev–Trinajstić information content (AvgIpc) is 2.50. The highest BCUT2D eigenvalue weighted by Gasteiger charge is 2.30. The summed E-state index contributed by atoms with van der Waals surface area (Å²) < 4.78 is 25.5. The summed E-state index contributed by atoms with van der Waals surface area (Å²) in [6.07, 6.45) is -0.576. The van der Waals surface area contributed by atoms with Gasteiger partial charge in [0.1, 0.15) is 0 Å². The number of benzene rings is 1. The second-order valence-electron chi connectivity index (χ2n) is 4.98. The molecule has 104 valence electrons. The molecule has 1 fully saturated rings. The summed E-state index contributed by atoms with van der Waals surface area (Å²) in [7, 11) is 1.69. The molecule has 2 rings (SSSR count). The minimum Gasteiger partial charge on any atom is -0.337 e. The van der Waals surface area contributed by atoms with E-state index in [0.29, 0.717) is 12.0 Å². The number of hydrogen-bond acceptors (Lipinski definition) is 2. The Morgan fingerprint density at radius 3 is 2.84 bits per heavy atom. The van der Waals surface area contributed by atoms with Gasteiger partial charge in [-0.3, -0.25) is 4.79 Å². The first kappa shape index (κ1) is 13.9. The molecule has 2 N–H and O–H groups in total. The van der Waals surface area contributed by atoms with Gasteiger partial charge in [0.2, 0.25) is 5.91 Å². The van der Waals surface area contributed by atoms with Gasteiger partial charge in [0, 0.05) is 25.1 Å². The van der Waals surface area contributed by atoms with Crippen molar-refractivity contribution in [2.45, 2.75) is 37.8 Å². The molecule has 1 aromatic rings. The minimum atomic E-state index is -2.51. The van der Waals surface area contributed by atoms with E-state index in [2.05, 4.69) is 0 Å². The van der Waals surface area contributed by atoms with Gasteiger partial charge in [0.05, 0.1) is 6.04 Å². The molecule has 0 bridgehead atoms. The number of alkyl halides is 2. The Morgan fingerprint density at radius 2 is 2.16 bits per heavy atom. The van der Waals surface area contributed by atoms with Crippen LogP contribution in [0.5, 0.6) is 0 Å². The third-order valence-corrected chi connectivity index (χ3v) is 3.65. The van der Waals surface area contributed by atoms with Gasteiger partial charge in [-0.25, -0.2) is 8.78 Å². The lowest BCUT2D eigenvalue weighted by molar-refractivity contribution is -0.131. The second-order valence-corrected chi connectivity index (χ2v) is 4.98. The molecule has 5 heteroatoms. The average molecular weight is 268 g/mol. The largest absolute Gasteiger partial charge is 0.337 e. The number of carbonyl (C=O) groups is 1. The van der Waals surface area contributed by atoms with E-state index in [4.69, 9.17) is 5.73 Å². The number of carbonyl (C=O) groups excluding carboxylic acids is 1. The molecule has 0 spiro atoms. The molecule has 1 saturated heterocycles. The van der Waals surface area contributed by atoms with Gasteiger partial charge in [0.15, 0.2) is 0 Å². The van der Waals surface area contributed by atoms with Gasteiger partial charge < -0.3 is 10.6 Å². The molecule has 1 heterocycles. The van der Waals surface area contributed by atoms with Gasteiger partial charge in [-0.2, -0.15) is 0 Å². The number of hydrogen-bond donors (Lipinski definition) is 1. The van der Waals surface area contributed by atoms with E-state index in [1.54, 1.807) is 24.1 Å². The number of likely N-dealkylation sites (tertiary alicyclic amines) is 1. The second kappa shape index (κ2) is 5.65. The molecule has 1 amide bonds. The zero-order valence-corrected chi connectivity index (χ0v) is 10.9. The zero-order valence-electron chi connectivity index (χ0n) is 10.9. The highest BCUT2D eigenvalue weighted by molar-refractivity contribution is 5.76.